The van der Waals surface area contributed by atoms with Crippen molar-refractivity contribution < 1.29 is 13.9 Å². The van der Waals surface area contributed by atoms with Crippen molar-refractivity contribution >= 4 is 23.3 Å². The average Bonchev–Trinajstić information content (AvgIpc) is 2.42. The standard InChI is InChI=1S/C15H13ClFNO2/c1-9-2-4-12(17)6-11(9)8-20-15(19)10-3-5-13(16)14(18)7-10/h2-7H,8,18H2,1H3. The van der Waals surface area contributed by atoms with E-state index in [4.69, 9.17) is 22.1 Å². The van der Waals surface area contributed by atoms with Gasteiger partial charge in [-0.1, -0.05) is 17.7 Å². The smallest absolute Gasteiger partial charge is 0.338 e. The minimum absolute atomic E-state index is 0.00492. The Labute approximate surface area is 121 Å². The van der Waals surface area contributed by atoms with Crippen LogP contribution in [-0.2, 0) is 11.3 Å². The molecule has 0 heterocycles. The minimum atomic E-state index is -0.531. The number of ether oxygens (including phenoxy) is 1. The fourth-order valence-electron chi connectivity index (χ4n) is 1.69. The maximum atomic E-state index is 13.1. The van der Waals surface area contributed by atoms with E-state index in [9.17, 15) is 9.18 Å². The number of hydrogen-bond donors (Lipinski definition) is 1. The van der Waals surface area contributed by atoms with Gasteiger partial charge in [-0.2, -0.15) is 0 Å². The number of benzene rings is 2. The zero-order valence-electron chi connectivity index (χ0n) is 10.8. The largest absolute Gasteiger partial charge is 0.457 e. The predicted octanol–water partition coefficient (Wildman–Crippen LogP) is 3.73. The van der Waals surface area contributed by atoms with Gasteiger partial charge in [0.15, 0.2) is 0 Å². The number of rotatable bonds is 3. The number of anilines is 1. The topological polar surface area (TPSA) is 52.3 Å². The molecular formula is C15H13ClFNO2. The van der Waals surface area contributed by atoms with Crippen LogP contribution in [0, 0.1) is 12.7 Å². The van der Waals surface area contributed by atoms with Crippen molar-refractivity contribution in [3.63, 3.8) is 0 Å². The zero-order chi connectivity index (χ0) is 14.7. The van der Waals surface area contributed by atoms with Crippen molar-refractivity contribution in [1.82, 2.24) is 0 Å². The molecule has 0 aliphatic carbocycles. The van der Waals surface area contributed by atoms with Crippen LogP contribution in [0.5, 0.6) is 0 Å². The fourth-order valence-corrected chi connectivity index (χ4v) is 1.81. The normalized spacial score (nSPS) is 10.3. The maximum absolute atomic E-state index is 13.1. The van der Waals surface area contributed by atoms with Gasteiger partial charge in [-0.25, -0.2) is 9.18 Å². The Kier molecular flexibility index (Phi) is 4.25. The van der Waals surface area contributed by atoms with E-state index >= 15 is 0 Å². The first-order chi connectivity index (χ1) is 9.47. The maximum Gasteiger partial charge on any atom is 0.338 e. The van der Waals surface area contributed by atoms with E-state index < -0.39 is 5.97 Å². The number of nitrogen functional groups attached to an aromatic ring is 1. The van der Waals surface area contributed by atoms with Gasteiger partial charge in [0.25, 0.3) is 0 Å². The third kappa shape index (κ3) is 3.27. The minimum Gasteiger partial charge on any atom is -0.457 e. The highest BCUT2D eigenvalue weighted by Gasteiger charge is 2.10. The zero-order valence-corrected chi connectivity index (χ0v) is 11.6. The molecule has 0 aliphatic heterocycles. The highest BCUT2D eigenvalue weighted by Crippen LogP contribution is 2.20. The van der Waals surface area contributed by atoms with Gasteiger partial charge in [-0.15, -0.1) is 0 Å². The molecule has 104 valence electrons. The lowest BCUT2D eigenvalue weighted by atomic mass is 10.1. The van der Waals surface area contributed by atoms with Gasteiger partial charge < -0.3 is 10.5 Å². The van der Waals surface area contributed by atoms with E-state index in [1.54, 1.807) is 6.07 Å². The molecule has 0 spiro atoms. The van der Waals surface area contributed by atoms with E-state index in [1.165, 1.54) is 30.3 Å². The quantitative estimate of drug-likeness (QED) is 0.693. The summed E-state index contributed by atoms with van der Waals surface area (Å²) in [4.78, 5) is 11.9. The number of carbonyl (C=O) groups excluding carboxylic acids is 1. The van der Waals surface area contributed by atoms with Crippen LogP contribution in [0.1, 0.15) is 21.5 Å². The SMILES string of the molecule is Cc1ccc(F)cc1COC(=O)c1ccc(Cl)c(N)c1. The lowest BCUT2D eigenvalue weighted by Crippen LogP contribution is -2.07. The molecule has 5 heteroatoms. The Morgan fingerprint density at radius 3 is 2.75 bits per heavy atom. The Morgan fingerprint density at radius 1 is 1.30 bits per heavy atom. The molecular weight excluding hydrogens is 281 g/mol. The van der Waals surface area contributed by atoms with Crippen molar-refractivity contribution in [3.05, 3.63) is 63.9 Å². The second-order valence-electron chi connectivity index (χ2n) is 4.38. The molecule has 0 fully saturated rings. The average molecular weight is 294 g/mol. The van der Waals surface area contributed by atoms with Crippen LogP contribution in [0.2, 0.25) is 5.02 Å². The summed E-state index contributed by atoms with van der Waals surface area (Å²) in [5.41, 5.74) is 7.72. The molecule has 0 unspecified atom stereocenters. The molecule has 2 N–H and O–H groups in total. The lowest BCUT2D eigenvalue weighted by Gasteiger charge is -2.08. The number of aryl methyl sites for hydroxylation is 1. The monoisotopic (exact) mass is 293 g/mol. The molecule has 2 aromatic rings. The third-order valence-corrected chi connectivity index (χ3v) is 3.25. The van der Waals surface area contributed by atoms with Gasteiger partial charge in [0.2, 0.25) is 0 Å². The van der Waals surface area contributed by atoms with Gasteiger partial charge in [-0.3, -0.25) is 0 Å². The van der Waals surface area contributed by atoms with Crippen LogP contribution >= 0.6 is 11.6 Å². The van der Waals surface area contributed by atoms with Gasteiger partial charge in [0.1, 0.15) is 12.4 Å². The summed E-state index contributed by atoms with van der Waals surface area (Å²) in [6, 6.07) is 8.85. The number of nitrogens with two attached hydrogens (primary N) is 1. The highest BCUT2D eigenvalue weighted by molar-refractivity contribution is 6.33. The van der Waals surface area contributed by atoms with Crippen molar-refractivity contribution in [1.29, 1.82) is 0 Å². The van der Waals surface area contributed by atoms with Gasteiger partial charge in [-0.05, 0) is 48.4 Å². The van der Waals surface area contributed by atoms with Crippen LogP contribution in [0.4, 0.5) is 10.1 Å². The van der Waals surface area contributed by atoms with Gasteiger partial charge in [0.05, 0.1) is 16.3 Å². The Bertz CT molecular complexity index is 658. The van der Waals surface area contributed by atoms with E-state index in [-0.39, 0.29) is 12.4 Å². The first-order valence-electron chi connectivity index (χ1n) is 5.94. The molecule has 0 aromatic heterocycles. The van der Waals surface area contributed by atoms with Gasteiger partial charge in [0, 0.05) is 0 Å². The number of esters is 1. The molecule has 0 saturated heterocycles. The van der Waals surface area contributed by atoms with Crippen LogP contribution in [-0.4, -0.2) is 5.97 Å². The van der Waals surface area contributed by atoms with Crippen LogP contribution < -0.4 is 5.73 Å². The molecule has 0 atom stereocenters. The van der Waals surface area contributed by atoms with Gasteiger partial charge >= 0.3 is 5.97 Å². The first-order valence-corrected chi connectivity index (χ1v) is 6.32. The van der Waals surface area contributed by atoms with Crippen LogP contribution in [0.25, 0.3) is 0 Å². The van der Waals surface area contributed by atoms with E-state index in [1.807, 2.05) is 6.92 Å². The van der Waals surface area contributed by atoms with Crippen molar-refractivity contribution in [2.45, 2.75) is 13.5 Å². The van der Waals surface area contributed by atoms with E-state index in [0.717, 1.165) is 5.56 Å². The second-order valence-corrected chi connectivity index (χ2v) is 4.79. The van der Waals surface area contributed by atoms with E-state index in [2.05, 4.69) is 0 Å². The number of carbonyl (C=O) groups is 1. The summed E-state index contributed by atoms with van der Waals surface area (Å²) < 4.78 is 18.3. The predicted molar refractivity (Wildman–Crippen MR) is 76.1 cm³/mol. The lowest BCUT2D eigenvalue weighted by molar-refractivity contribution is 0.0472. The summed E-state index contributed by atoms with van der Waals surface area (Å²) >= 11 is 5.78. The van der Waals surface area contributed by atoms with Crippen LogP contribution in [0.3, 0.4) is 0 Å². The molecule has 20 heavy (non-hydrogen) atoms. The van der Waals surface area contributed by atoms with Crippen LogP contribution in [0.15, 0.2) is 36.4 Å². The molecule has 0 aliphatic rings. The summed E-state index contributed by atoms with van der Waals surface area (Å²) in [6.45, 7) is 1.83. The van der Waals surface area contributed by atoms with Crippen molar-refractivity contribution in [3.8, 4) is 0 Å². The number of hydrogen-bond acceptors (Lipinski definition) is 3. The summed E-state index contributed by atoms with van der Waals surface area (Å²) in [5.74, 6) is -0.894. The summed E-state index contributed by atoms with van der Waals surface area (Å²) in [7, 11) is 0. The van der Waals surface area contributed by atoms with E-state index in [0.29, 0.717) is 21.8 Å². The second kappa shape index (κ2) is 5.92. The summed E-state index contributed by atoms with van der Waals surface area (Å²) in [6.07, 6.45) is 0. The molecule has 0 radical (unpaired) electrons. The molecule has 2 rings (SSSR count). The Balaban J connectivity index is 2.08. The number of halogens is 2. The first kappa shape index (κ1) is 14.3. The molecule has 0 bridgehead atoms. The molecule has 0 amide bonds. The highest BCUT2D eigenvalue weighted by atomic mass is 35.5. The molecule has 2 aromatic carbocycles. The summed E-state index contributed by atoms with van der Waals surface area (Å²) in [5, 5.41) is 0.377. The Hall–Kier alpha value is -2.07. The van der Waals surface area contributed by atoms with Crippen molar-refractivity contribution in [2.24, 2.45) is 0 Å². The molecule has 3 nitrogen and oxygen atoms in total. The third-order valence-electron chi connectivity index (χ3n) is 2.90. The molecule has 0 saturated carbocycles. The fraction of sp³-hybridized carbons (Fsp3) is 0.133. The van der Waals surface area contributed by atoms with Crippen molar-refractivity contribution in [2.75, 3.05) is 5.73 Å². The Morgan fingerprint density at radius 2 is 2.05 bits per heavy atom.